The first-order chi connectivity index (χ1) is 30.7. The summed E-state index contributed by atoms with van der Waals surface area (Å²) in [6, 6.07) is 2.71. The van der Waals surface area contributed by atoms with Gasteiger partial charge in [-0.15, -0.1) is 0 Å². The number of fused-ring (bicyclic) bond motifs is 11. The van der Waals surface area contributed by atoms with Crippen molar-refractivity contribution in [3.05, 3.63) is 0 Å². The van der Waals surface area contributed by atoms with Crippen LogP contribution in [0.4, 0.5) is 0 Å². The molecule has 13 aliphatic rings. The Labute approximate surface area is 390 Å². The van der Waals surface area contributed by atoms with Crippen LogP contribution in [-0.2, 0) is 4.74 Å². The van der Waals surface area contributed by atoms with E-state index in [0.717, 1.165) is 122 Å². The minimum atomic E-state index is 0.627. The summed E-state index contributed by atoms with van der Waals surface area (Å²) in [4.78, 5) is 3.43. The van der Waals surface area contributed by atoms with Crippen molar-refractivity contribution in [3.8, 4) is 0 Å². The molecule has 0 aromatic rings. The fourth-order valence-corrected chi connectivity index (χ4v) is 25.4. The molecule has 13 rings (SSSR count). The number of thioether (sulfide) groups is 2. The monoisotopic (exact) mass is 884 g/mol. The highest BCUT2D eigenvalue weighted by atomic mass is 32.2. The first kappa shape index (κ1) is 42.7. The lowest BCUT2D eigenvalue weighted by Gasteiger charge is -2.52. The molecule has 10 saturated carbocycles. The van der Waals surface area contributed by atoms with Gasteiger partial charge in [0.25, 0.3) is 0 Å². The van der Waals surface area contributed by atoms with Crippen molar-refractivity contribution in [2.75, 3.05) is 0 Å². The molecule has 10 aliphatic carbocycles. The molecule has 3 aliphatic heterocycles. The van der Waals surface area contributed by atoms with Crippen LogP contribution in [0.15, 0.2) is 0 Å². The van der Waals surface area contributed by atoms with Crippen LogP contribution in [0.1, 0.15) is 225 Å². The quantitative estimate of drug-likeness (QED) is 0.263. The standard InChI is InChI=1S/C58H93NOS2/c1-2-10-36(11-3-1)37-20-25-41(26-21-37)59(42-27-22-39(23-28-42)45-16-8-13-38-12-4-5-14-44(38)45)43-29-32-54-51(35-43)50-34-40(24-31-53(50)61-54)46-17-9-18-47-48-30-33-55-56(58(48)60-57(46)47)49-15-6-7-19-52(49)62-55/h36-58H,1-35H2. The summed E-state index contributed by atoms with van der Waals surface area (Å²) in [5.74, 6) is 14.1. The first-order valence-electron chi connectivity index (χ1n) is 29.5. The zero-order chi connectivity index (χ0) is 40.7. The van der Waals surface area contributed by atoms with Crippen molar-refractivity contribution in [2.24, 2.45) is 82.9 Å². The van der Waals surface area contributed by atoms with Crippen LogP contribution in [0.2, 0.25) is 0 Å². The smallest absolute Gasteiger partial charge is 0.0652 e. The van der Waals surface area contributed by atoms with E-state index in [1.807, 2.05) is 0 Å². The van der Waals surface area contributed by atoms with Crippen LogP contribution in [0.25, 0.3) is 0 Å². The fraction of sp³-hybridized carbons (Fsp3) is 1.00. The second kappa shape index (κ2) is 18.5. The topological polar surface area (TPSA) is 12.5 Å². The van der Waals surface area contributed by atoms with Gasteiger partial charge >= 0.3 is 0 Å². The van der Waals surface area contributed by atoms with E-state index in [-0.39, 0.29) is 0 Å². The number of hydrogen-bond acceptors (Lipinski definition) is 4. The molecule has 0 spiro atoms. The SMILES string of the molecule is C1CCC(C2CCC(N(C3CCC(C4CCCC5CCCCC54)CC3)C3CCC4SC5CCC(C6CCCC7C8CCC9SC%10CCCCC%10C9C8OC67)CC5C4C3)CC2)CC1. The molecule has 3 heterocycles. The molecular formula is C58H93NOS2. The molecule has 0 bridgehead atoms. The molecule has 4 heteroatoms. The molecule has 0 radical (unpaired) electrons. The minimum absolute atomic E-state index is 0.627. The zero-order valence-corrected chi connectivity index (χ0v) is 41.3. The molecule has 62 heavy (non-hydrogen) atoms. The second-order valence-corrected chi connectivity index (χ2v) is 29.1. The van der Waals surface area contributed by atoms with E-state index < -0.39 is 0 Å². The molecule has 18 unspecified atom stereocenters. The third-order valence-electron chi connectivity index (χ3n) is 23.9. The van der Waals surface area contributed by atoms with E-state index in [1.165, 1.54) is 83.5 Å². The van der Waals surface area contributed by atoms with Gasteiger partial charge < -0.3 is 4.74 Å². The molecule has 348 valence electrons. The molecule has 0 N–H and O–H groups in total. The van der Waals surface area contributed by atoms with Gasteiger partial charge in [0.2, 0.25) is 0 Å². The van der Waals surface area contributed by atoms with Crippen molar-refractivity contribution in [2.45, 2.75) is 276 Å². The second-order valence-electron chi connectivity index (χ2n) is 26.2. The van der Waals surface area contributed by atoms with Gasteiger partial charge in [0.1, 0.15) is 0 Å². The summed E-state index contributed by atoms with van der Waals surface area (Å²) in [5, 5.41) is 3.89. The van der Waals surface area contributed by atoms with Gasteiger partial charge in [-0.25, -0.2) is 0 Å². The minimum Gasteiger partial charge on any atom is -0.374 e. The van der Waals surface area contributed by atoms with Gasteiger partial charge in [-0.1, -0.05) is 83.5 Å². The van der Waals surface area contributed by atoms with E-state index >= 15 is 0 Å². The van der Waals surface area contributed by atoms with Gasteiger partial charge in [0.15, 0.2) is 0 Å². The van der Waals surface area contributed by atoms with Crippen molar-refractivity contribution in [1.82, 2.24) is 4.90 Å². The lowest BCUT2D eigenvalue weighted by atomic mass is 9.59. The summed E-state index contributed by atoms with van der Waals surface area (Å²) in [6.07, 6.45) is 55.5. The predicted octanol–water partition coefficient (Wildman–Crippen LogP) is 15.5. The van der Waals surface area contributed by atoms with Gasteiger partial charge in [-0.2, -0.15) is 23.5 Å². The van der Waals surface area contributed by atoms with Crippen LogP contribution in [-0.4, -0.2) is 56.2 Å². The van der Waals surface area contributed by atoms with Crippen LogP contribution >= 0.6 is 23.5 Å². The Morgan fingerprint density at radius 3 is 1.58 bits per heavy atom. The van der Waals surface area contributed by atoms with Gasteiger partial charge in [-0.3, -0.25) is 4.90 Å². The molecule has 0 aromatic carbocycles. The number of nitrogens with zero attached hydrogens (tertiary/aromatic N) is 1. The Morgan fingerprint density at radius 2 is 0.758 bits per heavy atom. The molecule has 0 aromatic heterocycles. The Morgan fingerprint density at radius 1 is 0.274 bits per heavy atom. The Kier molecular flexibility index (Phi) is 12.7. The van der Waals surface area contributed by atoms with Crippen LogP contribution in [0.5, 0.6) is 0 Å². The Hall–Kier alpha value is 0.620. The summed E-state index contributed by atoms with van der Waals surface area (Å²) < 4.78 is 7.69. The molecule has 0 amide bonds. The molecule has 3 saturated heterocycles. The maximum atomic E-state index is 7.69. The molecule has 2 nitrogen and oxygen atoms in total. The van der Waals surface area contributed by atoms with Crippen molar-refractivity contribution in [1.29, 1.82) is 0 Å². The summed E-state index contributed by atoms with van der Waals surface area (Å²) in [6.45, 7) is 0. The normalized spacial score (nSPS) is 54.3. The maximum Gasteiger partial charge on any atom is 0.0652 e. The van der Waals surface area contributed by atoms with E-state index in [9.17, 15) is 0 Å². The average molecular weight is 885 g/mol. The number of rotatable bonds is 6. The molecule has 13 fully saturated rings. The summed E-state index contributed by atoms with van der Waals surface area (Å²) in [5.41, 5.74) is 0. The molecule has 18 atom stereocenters. The van der Waals surface area contributed by atoms with Crippen molar-refractivity contribution >= 4 is 23.5 Å². The largest absolute Gasteiger partial charge is 0.374 e. The van der Waals surface area contributed by atoms with E-state index in [4.69, 9.17) is 4.74 Å². The maximum absolute atomic E-state index is 7.69. The van der Waals surface area contributed by atoms with Crippen molar-refractivity contribution < 1.29 is 4.74 Å². The highest BCUT2D eigenvalue weighted by molar-refractivity contribution is 8.01. The Balaban J connectivity index is 0.702. The lowest BCUT2D eigenvalue weighted by molar-refractivity contribution is -0.0763. The summed E-state index contributed by atoms with van der Waals surface area (Å²) >= 11 is 5.02. The highest BCUT2D eigenvalue weighted by Gasteiger charge is 2.61. The van der Waals surface area contributed by atoms with Crippen LogP contribution in [0.3, 0.4) is 0 Å². The highest BCUT2D eigenvalue weighted by Crippen LogP contribution is 2.64. The van der Waals surface area contributed by atoms with Gasteiger partial charge in [0, 0.05) is 45.0 Å². The third kappa shape index (κ3) is 7.86. The number of ether oxygens (including phenoxy) is 1. The van der Waals surface area contributed by atoms with E-state index in [1.54, 1.807) is 141 Å². The van der Waals surface area contributed by atoms with Crippen LogP contribution in [0, 0.1) is 82.9 Å². The zero-order valence-electron chi connectivity index (χ0n) is 39.7. The first-order valence-corrected chi connectivity index (χ1v) is 31.3. The number of hydrogen-bond donors (Lipinski definition) is 0. The Bertz CT molecular complexity index is 1500. The fourth-order valence-electron chi connectivity index (χ4n) is 21.3. The van der Waals surface area contributed by atoms with E-state index in [2.05, 4.69) is 28.4 Å². The molecular weight excluding hydrogens is 791 g/mol. The van der Waals surface area contributed by atoms with Gasteiger partial charge in [-0.05, 0) is 218 Å². The van der Waals surface area contributed by atoms with E-state index in [0.29, 0.717) is 12.2 Å². The third-order valence-corrected chi connectivity index (χ3v) is 27.6. The van der Waals surface area contributed by atoms with Crippen LogP contribution < -0.4 is 0 Å². The van der Waals surface area contributed by atoms with Crippen molar-refractivity contribution in [3.63, 3.8) is 0 Å². The summed E-state index contributed by atoms with van der Waals surface area (Å²) in [7, 11) is 0. The lowest BCUT2D eigenvalue weighted by Crippen LogP contribution is -2.54. The predicted molar refractivity (Wildman–Crippen MR) is 263 cm³/mol. The van der Waals surface area contributed by atoms with Gasteiger partial charge in [0.05, 0.1) is 12.2 Å². The average Bonchev–Trinajstić information content (AvgIpc) is 4.03.